The number of rotatable bonds is 16. The Morgan fingerprint density at radius 1 is 0.600 bits per heavy atom. The van der Waals surface area contributed by atoms with Crippen LogP contribution in [0.25, 0.3) is 0 Å². The second-order valence-corrected chi connectivity index (χ2v) is 5.91. The van der Waals surface area contributed by atoms with E-state index in [0.29, 0.717) is 0 Å². The van der Waals surface area contributed by atoms with Crippen LogP contribution in [0.3, 0.4) is 0 Å². The third-order valence-electron chi connectivity index (χ3n) is 3.93. The summed E-state index contributed by atoms with van der Waals surface area (Å²) in [4.78, 5) is 10.1. The molecular formula is C18H37NaO. The predicted octanol–water partition coefficient (Wildman–Crippen LogP) is 3.56. The van der Waals surface area contributed by atoms with Gasteiger partial charge in [-0.1, -0.05) is 96.8 Å². The van der Waals surface area contributed by atoms with E-state index in [4.69, 9.17) is 0 Å². The van der Waals surface area contributed by atoms with Gasteiger partial charge in [0.1, 0.15) is 6.29 Å². The van der Waals surface area contributed by atoms with Crippen LogP contribution in [0.15, 0.2) is 0 Å². The van der Waals surface area contributed by atoms with E-state index in [2.05, 4.69) is 6.92 Å². The van der Waals surface area contributed by atoms with Crippen LogP contribution < -0.4 is 29.6 Å². The van der Waals surface area contributed by atoms with E-state index < -0.39 is 0 Å². The Bertz CT molecular complexity index is 177. The first-order valence-corrected chi connectivity index (χ1v) is 8.85. The topological polar surface area (TPSA) is 17.1 Å². The number of carbonyl (C=O) groups excluding carboxylic acids is 1. The van der Waals surface area contributed by atoms with E-state index in [1.807, 2.05) is 0 Å². The Hall–Kier alpha value is 0.670. The summed E-state index contributed by atoms with van der Waals surface area (Å²) in [5, 5.41) is 0. The Balaban J connectivity index is -0.00000162. The molecule has 0 bridgehead atoms. The van der Waals surface area contributed by atoms with Gasteiger partial charge in [0, 0.05) is 6.42 Å². The van der Waals surface area contributed by atoms with Crippen molar-refractivity contribution in [3.63, 3.8) is 0 Å². The minimum atomic E-state index is 0. The minimum Gasteiger partial charge on any atom is -1.00 e. The average Bonchev–Trinajstić information content (AvgIpc) is 2.43. The van der Waals surface area contributed by atoms with Crippen LogP contribution in [0.5, 0.6) is 0 Å². The number of aldehydes is 1. The van der Waals surface area contributed by atoms with E-state index in [-0.39, 0.29) is 31.0 Å². The molecule has 0 unspecified atom stereocenters. The van der Waals surface area contributed by atoms with Crippen LogP contribution in [0.4, 0.5) is 0 Å². The first kappa shape index (κ1) is 22.9. The van der Waals surface area contributed by atoms with Gasteiger partial charge in [-0.15, -0.1) is 0 Å². The molecule has 1 nitrogen and oxygen atoms in total. The van der Waals surface area contributed by atoms with Gasteiger partial charge in [-0.25, -0.2) is 0 Å². The molecule has 0 rings (SSSR count). The van der Waals surface area contributed by atoms with Gasteiger partial charge in [0.15, 0.2) is 0 Å². The van der Waals surface area contributed by atoms with Gasteiger partial charge in [0.05, 0.1) is 0 Å². The Morgan fingerprint density at radius 3 is 1.20 bits per heavy atom. The summed E-state index contributed by atoms with van der Waals surface area (Å²) < 4.78 is 0. The van der Waals surface area contributed by atoms with Crippen molar-refractivity contribution in [2.24, 2.45) is 0 Å². The van der Waals surface area contributed by atoms with Gasteiger partial charge in [0.2, 0.25) is 0 Å². The van der Waals surface area contributed by atoms with Crippen molar-refractivity contribution in [3.05, 3.63) is 0 Å². The van der Waals surface area contributed by atoms with Gasteiger partial charge in [-0.05, 0) is 6.42 Å². The molecule has 0 saturated carbocycles. The molecule has 0 radical (unpaired) electrons. The largest absolute Gasteiger partial charge is 1.00 e. The third kappa shape index (κ3) is 21.0. The van der Waals surface area contributed by atoms with Crippen LogP contribution in [0, 0.1) is 0 Å². The van der Waals surface area contributed by atoms with Crippen molar-refractivity contribution in [1.29, 1.82) is 0 Å². The van der Waals surface area contributed by atoms with E-state index in [0.717, 1.165) is 19.1 Å². The molecule has 0 fully saturated rings. The number of unbranched alkanes of at least 4 members (excludes halogenated alkanes) is 15. The van der Waals surface area contributed by atoms with Gasteiger partial charge < -0.3 is 6.22 Å². The monoisotopic (exact) mass is 292 g/mol. The summed E-state index contributed by atoms with van der Waals surface area (Å²) in [6.45, 7) is 2.28. The van der Waals surface area contributed by atoms with Crippen molar-refractivity contribution in [1.82, 2.24) is 0 Å². The van der Waals surface area contributed by atoms with Crippen molar-refractivity contribution in [2.45, 2.75) is 110 Å². The van der Waals surface area contributed by atoms with Gasteiger partial charge in [0.25, 0.3) is 0 Å². The molecule has 0 atom stereocenters. The second kappa shape index (κ2) is 22.0. The van der Waals surface area contributed by atoms with E-state index in [1.165, 1.54) is 89.9 Å². The predicted molar refractivity (Wildman–Crippen MR) is 86.7 cm³/mol. The molecule has 0 aromatic heterocycles. The van der Waals surface area contributed by atoms with Gasteiger partial charge >= 0.3 is 29.6 Å². The number of hydrogen-bond donors (Lipinski definition) is 0. The quantitative estimate of drug-likeness (QED) is 0.241. The fourth-order valence-corrected chi connectivity index (χ4v) is 2.60. The molecule has 0 aromatic carbocycles. The third-order valence-corrected chi connectivity index (χ3v) is 3.93. The van der Waals surface area contributed by atoms with E-state index >= 15 is 0 Å². The minimum absolute atomic E-state index is 0. The summed E-state index contributed by atoms with van der Waals surface area (Å²) in [7, 11) is 0. The normalized spacial score (nSPS) is 10.2. The first-order chi connectivity index (χ1) is 9.41. The zero-order valence-corrected chi connectivity index (χ0v) is 16.3. The molecule has 0 spiro atoms. The summed E-state index contributed by atoms with van der Waals surface area (Å²) in [6, 6.07) is 0. The second-order valence-electron chi connectivity index (χ2n) is 5.91. The molecule has 0 amide bonds. The summed E-state index contributed by atoms with van der Waals surface area (Å²) in [5.41, 5.74) is 0. The SMILES string of the molecule is CCCCCCCCCCCCCCCCCC=O.[H-].[Na+]. The van der Waals surface area contributed by atoms with Crippen molar-refractivity contribution in [3.8, 4) is 0 Å². The molecular weight excluding hydrogens is 255 g/mol. The maximum absolute atomic E-state index is 10.1. The van der Waals surface area contributed by atoms with E-state index in [9.17, 15) is 4.79 Å². The zero-order chi connectivity index (χ0) is 14.0. The summed E-state index contributed by atoms with van der Waals surface area (Å²) in [5.74, 6) is 0. The van der Waals surface area contributed by atoms with Crippen LogP contribution >= 0.6 is 0 Å². The summed E-state index contributed by atoms with van der Waals surface area (Å²) >= 11 is 0. The van der Waals surface area contributed by atoms with Crippen LogP contribution in [-0.4, -0.2) is 6.29 Å². The van der Waals surface area contributed by atoms with Crippen LogP contribution in [0.2, 0.25) is 0 Å². The van der Waals surface area contributed by atoms with Gasteiger partial charge in [-0.2, -0.15) is 0 Å². The average molecular weight is 292 g/mol. The Kier molecular flexibility index (Phi) is 25.2. The zero-order valence-electron chi connectivity index (χ0n) is 15.3. The number of hydrogen-bond acceptors (Lipinski definition) is 1. The molecule has 20 heavy (non-hydrogen) atoms. The molecule has 0 aromatic rings. The Morgan fingerprint density at radius 2 is 0.900 bits per heavy atom. The summed E-state index contributed by atoms with van der Waals surface area (Å²) in [6.07, 6.45) is 22.6. The smallest absolute Gasteiger partial charge is 1.00 e. The fraction of sp³-hybridized carbons (Fsp3) is 0.944. The van der Waals surface area contributed by atoms with E-state index in [1.54, 1.807) is 0 Å². The maximum Gasteiger partial charge on any atom is 1.00 e. The van der Waals surface area contributed by atoms with Crippen molar-refractivity contribution < 1.29 is 35.8 Å². The molecule has 116 valence electrons. The Labute approximate surface area is 151 Å². The first-order valence-electron chi connectivity index (χ1n) is 8.85. The molecule has 0 N–H and O–H groups in total. The molecule has 0 saturated heterocycles. The molecule has 0 heterocycles. The fourth-order valence-electron chi connectivity index (χ4n) is 2.60. The van der Waals surface area contributed by atoms with Crippen molar-refractivity contribution in [2.75, 3.05) is 0 Å². The molecule has 0 aliphatic heterocycles. The standard InChI is InChI=1S/C18H36O.Na.H/c1-2-3-4-5-6-7-8-9-10-11-12-13-14-15-16-17-18-19;;/h18H,2-17H2,1H3;;/q;+1;-1. The molecule has 0 aliphatic carbocycles. The molecule has 2 heteroatoms. The van der Waals surface area contributed by atoms with Crippen LogP contribution in [-0.2, 0) is 4.79 Å². The maximum atomic E-state index is 10.1. The van der Waals surface area contributed by atoms with Crippen molar-refractivity contribution >= 4 is 6.29 Å². The van der Waals surface area contributed by atoms with Gasteiger partial charge in [-0.3, -0.25) is 0 Å². The number of carbonyl (C=O) groups is 1. The molecule has 0 aliphatic rings. The van der Waals surface area contributed by atoms with Crippen LogP contribution in [0.1, 0.15) is 111 Å².